The average molecular weight is 354 g/mol. The van der Waals surface area contributed by atoms with Crippen LogP contribution in [0.15, 0.2) is 53.5 Å². The Morgan fingerprint density at radius 3 is 2.84 bits per heavy atom. The van der Waals surface area contributed by atoms with Crippen LogP contribution < -0.4 is 9.54 Å². The van der Waals surface area contributed by atoms with Gasteiger partial charge in [0.1, 0.15) is 11.6 Å². The first-order valence-electron chi connectivity index (χ1n) is 7.61. The van der Waals surface area contributed by atoms with E-state index in [0.29, 0.717) is 15.3 Å². The summed E-state index contributed by atoms with van der Waals surface area (Å²) in [5, 5.41) is 0. The third-order valence-electron chi connectivity index (χ3n) is 3.50. The minimum atomic E-state index is -0.747. The molecule has 4 nitrogen and oxygen atoms in total. The van der Waals surface area contributed by atoms with Crippen molar-refractivity contribution in [3.8, 4) is 18.1 Å². The van der Waals surface area contributed by atoms with Crippen molar-refractivity contribution in [2.45, 2.75) is 19.6 Å². The summed E-state index contributed by atoms with van der Waals surface area (Å²) in [4.78, 5) is 17.0. The van der Waals surface area contributed by atoms with E-state index in [1.54, 1.807) is 29.7 Å². The molecule has 25 heavy (non-hydrogen) atoms. The Balaban J connectivity index is 1.95. The number of carbonyl (C=O) groups is 1. The Labute approximate surface area is 148 Å². The molecule has 1 unspecified atom stereocenters. The zero-order chi connectivity index (χ0) is 17.8. The van der Waals surface area contributed by atoms with Crippen molar-refractivity contribution in [1.82, 2.24) is 4.57 Å². The van der Waals surface area contributed by atoms with Gasteiger partial charge in [0.15, 0.2) is 10.9 Å². The molecule has 0 saturated carbocycles. The molecule has 126 valence electrons. The largest absolute Gasteiger partial charge is 0.481 e. The maximum atomic E-state index is 13.4. The van der Waals surface area contributed by atoms with Crippen LogP contribution in [0, 0.1) is 18.2 Å². The maximum absolute atomic E-state index is 13.4. The Morgan fingerprint density at radius 2 is 2.12 bits per heavy atom. The molecule has 3 aromatic rings. The number of terminal acetylenes is 1. The Bertz CT molecular complexity index is 1020. The van der Waals surface area contributed by atoms with Crippen LogP contribution in [-0.4, -0.2) is 16.6 Å². The van der Waals surface area contributed by atoms with Gasteiger partial charge < -0.3 is 9.30 Å². The van der Waals surface area contributed by atoms with Gasteiger partial charge in [-0.25, -0.2) is 4.39 Å². The normalized spacial score (nSPS) is 12.8. The van der Waals surface area contributed by atoms with Crippen molar-refractivity contribution in [2.24, 2.45) is 4.99 Å². The van der Waals surface area contributed by atoms with E-state index in [2.05, 4.69) is 10.9 Å². The van der Waals surface area contributed by atoms with Gasteiger partial charge in [0.25, 0.3) is 5.91 Å². The van der Waals surface area contributed by atoms with Crippen molar-refractivity contribution in [3.63, 3.8) is 0 Å². The summed E-state index contributed by atoms with van der Waals surface area (Å²) in [6.07, 6.45) is 4.66. The summed E-state index contributed by atoms with van der Waals surface area (Å²) < 4.78 is 21.4. The van der Waals surface area contributed by atoms with Crippen molar-refractivity contribution < 1.29 is 13.9 Å². The lowest BCUT2D eigenvalue weighted by Crippen LogP contribution is -2.26. The highest BCUT2D eigenvalue weighted by molar-refractivity contribution is 7.16. The van der Waals surface area contributed by atoms with Crippen molar-refractivity contribution in [1.29, 1.82) is 0 Å². The molecule has 3 rings (SSSR count). The van der Waals surface area contributed by atoms with Crippen LogP contribution in [0.4, 0.5) is 4.39 Å². The van der Waals surface area contributed by atoms with Crippen molar-refractivity contribution in [2.75, 3.05) is 0 Å². The summed E-state index contributed by atoms with van der Waals surface area (Å²) in [7, 11) is 0. The molecule has 1 amide bonds. The zero-order valence-corrected chi connectivity index (χ0v) is 14.3. The molecule has 0 saturated heterocycles. The average Bonchev–Trinajstić information content (AvgIpc) is 2.92. The first-order valence-corrected chi connectivity index (χ1v) is 8.43. The molecule has 0 aliphatic carbocycles. The van der Waals surface area contributed by atoms with E-state index in [-0.39, 0.29) is 12.4 Å². The quantitative estimate of drug-likeness (QED) is 0.674. The van der Waals surface area contributed by atoms with Crippen LogP contribution in [0.5, 0.6) is 5.75 Å². The molecule has 1 atom stereocenters. The number of hydrogen-bond acceptors (Lipinski definition) is 3. The van der Waals surface area contributed by atoms with Gasteiger partial charge in [-0.2, -0.15) is 4.99 Å². The molecule has 0 bridgehead atoms. The molecule has 2 aromatic carbocycles. The second kappa shape index (κ2) is 7.32. The van der Waals surface area contributed by atoms with Crippen LogP contribution >= 0.6 is 11.3 Å². The highest BCUT2D eigenvalue weighted by Crippen LogP contribution is 2.18. The molecule has 0 aliphatic heterocycles. The number of carbonyl (C=O) groups excluding carboxylic acids is 1. The zero-order valence-electron chi connectivity index (χ0n) is 13.5. The molecular weight excluding hydrogens is 339 g/mol. The van der Waals surface area contributed by atoms with Crippen molar-refractivity contribution in [3.05, 3.63) is 59.1 Å². The number of aromatic nitrogens is 1. The number of fused-ring (bicyclic) bond motifs is 1. The number of ether oxygens (including phenoxy) is 1. The van der Waals surface area contributed by atoms with Crippen LogP contribution in [0.25, 0.3) is 10.2 Å². The highest BCUT2D eigenvalue weighted by atomic mass is 32.1. The number of para-hydroxylation sites is 1. The number of rotatable bonds is 4. The van der Waals surface area contributed by atoms with Crippen molar-refractivity contribution >= 4 is 27.5 Å². The van der Waals surface area contributed by atoms with E-state index in [4.69, 9.17) is 11.2 Å². The first-order chi connectivity index (χ1) is 12.1. The molecule has 0 spiro atoms. The van der Waals surface area contributed by atoms with Gasteiger partial charge in [-0.3, -0.25) is 4.79 Å². The predicted octanol–water partition coefficient (Wildman–Crippen LogP) is 3.37. The van der Waals surface area contributed by atoms with E-state index in [9.17, 15) is 9.18 Å². The minimum Gasteiger partial charge on any atom is -0.481 e. The molecular formula is C19H15FN2O2S. The lowest BCUT2D eigenvalue weighted by molar-refractivity contribution is -0.124. The third-order valence-corrected chi connectivity index (χ3v) is 4.55. The number of amides is 1. The fourth-order valence-electron chi connectivity index (χ4n) is 2.32. The molecule has 1 aromatic heterocycles. The second-order valence-electron chi connectivity index (χ2n) is 5.31. The van der Waals surface area contributed by atoms with E-state index < -0.39 is 12.0 Å². The van der Waals surface area contributed by atoms with Gasteiger partial charge >= 0.3 is 0 Å². The Hall–Kier alpha value is -2.91. The van der Waals surface area contributed by atoms with Gasteiger partial charge in [0, 0.05) is 0 Å². The summed E-state index contributed by atoms with van der Waals surface area (Å²) in [5.74, 6) is 2.35. The number of thiazole rings is 1. The lowest BCUT2D eigenvalue weighted by Gasteiger charge is -2.10. The summed E-state index contributed by atoms with van der Waals surface area (Å²) in [5.41, 5.74) is 0.743. The SMILES string of the molecule is C#CCn1c(=NC(=O)C(C)Oc2ccccc2)sc2cc(F)ccc21. The molecule has 0 N–H and O–H groups in total. The lowest BCUT2D eigenvalue weighted by atomic mass is 10.3. The summed E-state index contributed by atoms with van der Waals surface area (Å²) in [6, 6.07) is 13.4. The fraction of sp³-hybridized carbons (Fsp3) is 0.158. The van der Waals surface area contributed by atoms with Gasteiger partial charge in [0.2, 0.25) is 0 Å². The number of hydrogen-bond donors (Lipinski definition) is 0. The first kappa shape index (κ1) is 16.9. The highest BCUT2D eigenvalue weighted by Gasteiger charge is 2.15. The standard InChI is InChI=1S/C19H15FN2O2S/c1-3-11-22-16-10-9-14(20)12-17(16)25-19(22)21-18(23)13(2)24-15-7-5-4-6-8-15/h1,4-10,12-13H,11H2,2H3. The monoisotopic (exact) mass is 354 g/mol. The Morgan fingerprint density at radius 1 is 1.36 bits per heavy atom. The number of halogens is 1. The smallest absolute Gasteiger partial charge is 0.289 e. The molecule has 1 heterocycles. The van der Waals surface area contributed by atoms with Gasteiger partial charge in [-0.15, -0.1) is 6.42 Å². The van der Waals surface area contributed by atoms with Crippen LogP contribution in [-0.2, 0) is 11.3 Å². The van der Waals surface area contributed by atoms with Crippen LogP contribution in [0.3, 0.4) is 0 Å². The Kier molecular flexibility index (Phi) is 4.96. The number of benzene rings is 2. The molecule has 6 heteroatoms. The van der Waals surface area contributed by atoms with Gasteiger partial charge in [0.05, 0.1) is 16.8 Å². The second-order valence-corrected chi connectivity index (χ2v) is 6.32. The summed E-state index contributed by atoms with van der Waals surface area (Å²) >= 11 is 1.21. The summed E-state index contributed by atoms with van der Waals surface area (Å²) in [6.45, 7) is 1.88. The minimum absolute atomic E-state index is 0.242. The molecule has 0 aliphatic rings. The van der Waals surface area contributed by atoms with E-state index in [0.717, 1.165) is 5.52 Å². The van der Waals surface area contributed by atoms with Crippen LogP contribution in [0.1, 0.15) is 6.92 Å². The van der Waals surface area contributed by atoms with Gasteiger partial charge in [-0.05, 0) is 37.3 Å². The molecule has 0 radical (unpaired) electrons. The predicted molar refractivity (Wildman–Crippen MR) is 95.7 cm³/mol. The fourth-order valence-corrected chi connectivity index (χ4v) is 3.37. The number of nitrogens with zero attached hydrogens (tertiary/aromatic N) is 2. The molecule has 0 fully saturated rings. The maximum Gasteiger partial charge on any atom is 0.289 e. The van der Waals surface area contributed by atoms with Gasteiger partial charge in [-0.1, -0.05) is 35.5 Å². The van der Waals surface area contributed by atoms with E-state index in [1.807, 2.05) is 18.2 Å². The third kappa shape index (κ3) is 3.78. The van der Waals surface area contributed by atoms with E-state index in [1.165, 1.54) is 23.5 Å². The van der Waals surface area contributed by atoms with E-state index >= 15 is 0 Å². The van der Waals surface area contributed by atoms with Crippen LogP contribution in [0.2, 0.25) is 0 Å². The topological polar surface area (TPSA) is 43.6 Å².